The first kappa shape index (κ1) is 20.6. The zero-order chi connectivity index (χ0) is 21.1. The van der Waals surface area contributed by atoms with Crippen LogP contribution in [0.15, 0.2) is 56.8 Å². The van der Waals surface area contributed by atoms with Gasteiger partial charge in [0, 0.05) is 23.2 Å². The number of aromatic nitrogens is 1. The highest BCUT2D eigenvalue weighted by atomic mass is 35.5. The van der Waals surface area contributed by atoms with Crippen LogP contribution in [0.2, 0.25) is 5.02 Å². The molecule has 1 aromatic heterocycles. The summed E-state index contributed by atoms with van der Waals surface area (Å²) in [5, 5.41) is 3.39. The van der Waals surface area contributed by atoms with Crippen LogP contribution in [0.1, 0.15) is 19.8 Å². The summed E-state index contributed by atoms with van der Waals surface area (Å²) < 4.78 is 43.6. The lowest BCUT2D eigenvalue weighted by Crippen LogP contribution is -2.16. The van der Waals surface area contributed by atoms with E-state index in [9.17, 15) is 8.42 Å². The molecule has 7 nitrogen and oxygen atoms in total. The molecule has 1 N–H and O–H groups in total. The van der Waals surface area contributed by atoms with E-state index in [1.807, 2.05) is 6.92 Å². The van der Waals surface area contributed by atoms with Crippen LogP contribution >= 0.6 is 11.6 Å². The van der Waals surface area contributed by atoms with Crippen LogP contribution in [0.25, 0.3) is 11.5 Å². The Morgan fingerprint density at radius 1 is 1.10 bits per heavy atom. The SMILES string of the molecule is CCCCNc1oc(-c2cccc(Cl)c2)nc1S(=O)(=O)c1ccc2c(c1)OCCO2. The number of sulfone groups is 1. The summed E-state index contributed by atoms with van der Waals surface area (Å²) in [4.78, 5) is 4.36. The molecule has 1 aliphatic heterocycles. The number of nitrogens with zero attached hydrogens (tertiary/aromatic N) is 1. The molecule has 0 saturated carbocycles. The molecule has 0 aliphatic carbocycles. The number of rotatable bonds is 7. The van der Waals surface area contributed by atoms with Crippen molar-refractivity contribution in [3.63, 3.8) is 0 Å². The largest absolute Gasteiger partial charge is 0.486 e. The summed E-state index contributed by atoms with van der Waals surface area (Å²) in [6.07, 6.45) is 1.81. The highest BCUT2D eigenvalue weighted by Gasteiger charge is 2.30. The number of hydrogen-bond acceptors (Lipinski definition) is 7. The smallest absolute Gasteiger partial charge is 0.233 e. The van der Waals surface area contributed by atoms with Crippen molar-refractivity contribution >= 4 is 27.3 Å². The average Bonchev–Trinajstić information content (AvgIpc) is 3.19. The number of ether oxygens (including phenoxy) is 2. The van der Waals surface area contributed by atoms with E-state index in [1.54, 1.807) is 30.3 Å². The Morgan fingerprint density at radius 2 is 1.90 bits per heavy atom. The first-order chi connectivity index (χ1) is 14.5. The first-order valence-electron chi connectivity index (χ1n) is 9.64. The van der Waals surface area contributed by atoms with Crippen molar-refractivity contribution in [3.05, 3.63) is 47.5 Å². The summed E-state index contributed by atoms with van der Waals surface area (Å²) in [5.41, 5.74) is 0.588. The highest BCUT2D eigenvalue weighted by Crippen LogP contribution is 2.37. The van der Waals surface area contributed by atoms with Crippen molar-refractivity contribution < 1.29 is 22.3 Å². The van der Waals surface area contributed by atoms with Gasteiger partial charge in [0.15, 0.2) is 11.5 Å². The van der Waals surface area contributed by atoms with E-state index in [-0.39, 0.29) is 21.7 Å². The monoisotopic (exact) mass is 448 g/mol. The van der Waals surface area contributed by atoms with Gasteiger partial charge in [0.1, 0.15) is 13.2 Å². The Labute approximate surface area is 179 Å². The minimum absolute atomic E-state index is 0.0521. The van der Waals surface area contributed by atoms with Crippen LogP contribution in [0.3, 0.4) is 0 Å². The van der Waals surface area contributed by atoms with Crippen LogP contribution in [0.5, 0.6) is 11.5 Å². The van der Waals surface area contributed by atoms with Crippen LogP contribution in [-0.2, 0) is 9.84 Å². The van der Waals surface area contributed by atoms with Gasteiger partial charge in [-0.05, 0) is 36.8 Å². The Balaban J connectivity index is 1.77. The van der Waals surface area contributed by atoms with E-state index < -0.39 is 9.84 Å². The summed E-state index contributed by atoms with van der Waals surface area (Å²) in [6.45, 7) is 3.40. The average molecular weight is 449 g/mol. The number of fused-ring (bicyclic) bond motifs is 1. The topological polar surface area (TPSA) is 90.7 Å². The van der Waals surface area contributed by atoms with E-state index in [2.05, 4.69) is 10.3 Å². The number of halogens is 1. The molecular weight excluding hydrogens is 428 g/mol. The van der Waals surface area contributed by atoms with Gasteiger partial charge in [0.2, 0.25) is 26.6 Å². The number of benzene rings is 2. The molecule has 0 spiro atoms. The highest BCUT2D eigenvalue weighted by molar-refractivity contribution is 7.91. The fraction of sp³-hybridized carbons (Fsp3) is 0.286. The molecule has 0 fully saturated rings. The van der Waals surface area contributed by atoms with Gasteiger partial charge in [-0.2, -0.15) is 4.98 Å². The third kappa shape index (κ3) is 4.11. The molecular formula is C21H21ClN2O5S. The van der Waals surface area contributed by atoms with Gasteiger partial charge < -0.3 is 19.2 Å². The second-order valence-electron chi connectivity index (χ2n) is 6.75. The van der Waals surface area contributed by atoms with E-state index in [0.29, 0.717) is 41.8 Å². The minimum Gasteiger partial charge on any atom is -0.486 e. The fourth-order valence-corrected chi connectivity index (χ4v) is 4.51. The van der Waals surface area contributed by atoms with Crippen LogP contribution < -0.4 is 14.8 Å². The summed E-state index contributed by atoms with van der Waals surface area (Å²) in [6, 6.07) is 11.4. The number of unbranched alkanes of at least 4 members (excludes halogenated alkanes) is 1. The second-order valence-corrected chi connectivity index (χ2v) is 9.05. The zero-order valence-electron chi connectivity index (χ0n) is 16.4. The molecule has 2 heterocycles. The first-order valence-corrected chi connectivity index (χ1v) is 11.5. The quantitative estimate of drug-likeness (QED) is 0.518. The third-order valence-corrected chi connectivity index (χ3v) is 6.46. The predicted octanol–water partition coefficient (Wildman–Crippen LogP) is 4.81. The zero-order valence-corrected chi connectivity index (χ0v) is 17.9. The Hall–Kier alpha value is -2.71. The Bertz CT molecular complexity index is 1160. The molecule has 2 aromatic carbocycles. The van der Waals surface area contributed by atoms with E-state index in [0.717, 1.165) is 12.8 Å². The lowest BCUT2D eigenvalue weighted by atomic mass is 10.2. The lowest BCUT2D eigenvalue weighted by molar-refractivity contribution is 0.171. The summed E-state index contributed by atoms with van der Waals surface area (Å²) in [7, 11) is -3.97. The lowest BCUT2D eigenvalue weighted by Gasteiger charge is -2.18. The number of anilines is 1. The molecule has 1 aliphatic rings. The maximum atomic E-state index is 13.4. The molecule has 9 heteroatoms. The molecule has 30 heavy (non-hydrogen) atoms. The third-order valence-electron chi connectivity index (χ3n) is 4.56. The number of nitrogens with one attached hydrogen (secondary N) is 1. The van der Waals surface area contributed by atoms with Crippen LogP contribution in [-0.4, -0.2) is 33.2 Å². The predicted molar refractivity (Wildman–Crippen MR) is 113 cm³/mol. The van der Waals surface area contributed by atoms with Crippen molar-refractivity contribution in [2.45, 2.75) is 29.7 Å². The molecule has 0 atom stereocenters. The van der Waals surface area contributed by atoms with E-state index >= 15 is 0 Å². The Morgan fingerprint density at radius 3 is 2.67 bits per heavy atom. The number of hydrogen-bond donors (Lipinski definition) is 1. The second kappa shape index (κ2) is 8.57. The van der Waals surface area contributed by atoms with Crippen molar-refractivity contribution in [2.24, 2.45) is 0 Å². The molecule has 4 rings (SSSR count). The van der Waals surface area contributed by atoms with Gasteiger partial charge in [-0.3, -0.25) is 0 Å². The molecule has 0 bridgehead atoms. The van der Waals surface area contributed by atoms with Crippen molar-refractivity contribution in [1.29, 1.82) is 0 Å². The van der Waals surface area contributed by atoms with E-state index in [1.165, 1.54) is 12.1 Å². The van der Waals surface area contributed by atoms with Gasteiger partial charge >= 0.3 is 0 Å². The van der Waals surface area contributed by atoms with Crippen LogP contribution in [0, 0.1) is 0 Å². The molecule has 158 valence electrons. The maximum absolute atomic E-state index is 13.4. The molecule has 0 unspecified atom stereocenters. The molecule has 3 aromatic rings. The van der Waals surface area contributed by atoms with E-state index in [4.69, 9.17) is 25.5 Å². The summed E-state index contributed by atoms with van der Waals surface area (Å²) >= 11 is 6.07. The van der Waals surface area contributed by atoms with Crippen molar-refractivity contribution in [2.75, 3.05) is 25.1 Å². The van der Waals surface area contributed by atoms with Gasteiger partial charge in [0.25, 0.3) is 0 Å². The van der Waals surface area contributed by atoms with Gasteiger partial charge in [0.05, 0.1) is 4.90 Å². The fourth-order valence-electron chi connectivity index (χ4n) is 3.03. The standard InChI is InChI=1S/C21H21ClN2O5S/c1-2-3-9-23-20-21(24-19(29-20)14-5-4-6-15(22)12-14)30(25,26)16-7-8-17-18(13-16)28-11-10-27-17/h4-8,12-13,23H,2-3,9-11H2,1H3. The van der Waals surface area contributed by atoms with Crippen molar-refractivity contribution in [1.82, 2.24) is 4.98 Å². The maximum Gasteiger partial charge on any atom is 0.233 e. The van der Waals surface area contributed by atoms with Crippen LogP contribution in [0.4, 0.5) is 5.88 Å². The Kier molecular flexibility index (Phi) is 5.87. The summed E-state index contributed by atoms with van der Waals surface area (Å²) in [5.74, 6) is 1.18. The minimum atomic E-state index is -3.97. The number of oxazole rings is 1. The molecule has 0 saturated heterocycles. The normalized spacial score (nSPS) is 13.3. The van der Waals surface area contributed by atoms with Gasteiger partial charge in [-0.15, -0.1) is 0 Å². The van der Waals surface area contributed by atoms with Crippen molar-refractivity contribution in [3.8, 4) is 23.0 Å². The molecule has 0 radical (unpaired) electrons. The van der Waals surface area contributed by atoms with Gasteiger partial charge in [-0.1, -0.05) is 31.0 Å². The van der Waals surface area contributed by atoms with Gasteiger partial charge in [-0.25, -0.2) is 8.42 Å². The molecule has 0 amide bonds.